The molecular formula is C20H21ClN4O2. The number of hydrogen-bond acceptors (Lipinski definition) is 2. The number of primary amides is 1. The first-order valence-corrected chi connectivity index (χ1v) is 9.04. The third kappa shape index (κ3) is 5.01. The highest BCUT2D eigenvalue weighted by Crippen LogP contribution is 2.20. The monoisotopic (exact) mass is 384 g/mol. The second-order valence-corrected chi connectivity index (χ2v) is 6.71. The van der Waals surface area contributed by atoms with Gasteiger partial charge in [-0.15, -0.1) is 0 Å². The normalized spacial score (nSPS) is 11.9. The SMILES string of the molecule is NC(=O)N[C@H](CC(=O)NCCc1c[nH]c2ccccc12)c1ccc(Cl)cc1. The molecule has 0 spiro atoms. The van der Waals surface area contributed by atoms with E-state index in [0.29, 0.717) is 18.0 Å². The van der Waals surface area contributed by atoms with Crippen LogP contribution in [0.25, 0.3) is 10.9 Å². The molecule has 0 saturated heterocycles. The van der Waals surface area contributed by atoms with E-state index >= 15 is 0 Å². The van der Waals surface area contributed by atoms with Gasteiger partial charge in [0, 0.05) is 28.7 Å². The molecule has 1 heterocycles. The highest BCUT2D eigenvalue weighted by molar-refractivity contribution is 6.30. The number of rotatable bonds is 7. The molecule has 140 valence electrons. The first kappa shape index (κ1) is 18.8. The van der Waals surface area contributed by atoms with Crippen LogP contribution in [-0.2, 0) is 11.2 Å². The molecule has 3 amide bonds. The summed E-state index contributed by atoms with van der Waals surface area (Å²) in [6.07, 6.45) is 2.77. The third-order valence-corrected chi connectivity index (χ3v) is 4.62. The summed E-state index contributed by atoms with van der Waals surface area (Å²) in [7, 11) is 0. The predicted octanol–water partition coefficient (Wildman–Crippen LogP) is 3.28. The summed E-state index contributed by atoms with van der Waals surface area (Å²) in [6, 6.07) is 13.8. The van der Waals surface area contributed by atoms with Gasteiger partial charge in [0.05, 0.1) is 12.5 Å². The smallest absolute Gasteiger partial charge is 0.312 e. The number of aromatic amines is 1. The fraction of sp³-hybridized carbons (Fsp3) is 0.200. The molecule has 0 aliphatic carbocycles. The Bertz CT molecular complexity index is 937. The van der Waals surface area contributed by atoms with Crippen molar-refractivity contribution < 1.29 is 9.59 Å². The number of H-pyrrole nitrogens is 1. The first-order valence-electron chi connectivity index (χ1n) is 8.66. The summed E-state index contributed by atoms with van der Waals surface area (Å²) in [4.78, 5) is 26.8. The maximum atomic E-state index is 12.3. The zero-order valence-electron chi connectivity index (χ0n) is 14.7. The van der Waals surface area contributed by atoms with Crippen molar-refractivity contribution >= 4 is 34.4 Å². The lowest BCUT2D eigenvalue weighted by atomic mass is 10.0. The number of carbonyl (C=O) groups excluding carboxylic acids is 2. The van der Waals surface area contributed by atoms with Crippen LogP contribution >= 0.6 is 11.6 Å². The van der Waals surface area contributed by atoms with E-state index < -0.39 is 12.1 Å². The highest BCUT2D eigenvalue weighted by Gasteiger charge is 2.17. The predicted molar refractivity (Wildman–Crippen MR) is 107 cm³/mol. The number of nitrogens with one attached hydrogen (secondary N) is 3. The van der Waals surface area contributed by atoms with Gasteiger partial charge >= 0.3 is 6.03 Å². The van der Waals surface area contributed by atoms with Gasteiger partial charge in [-0.05, 0) is 35.7 Å². The van der Waals surface area contributed by atoms with E-state index in [2.05, 4.69) is 21.7 Å². The van der Waals surface area contributed by atoms with Gasteiger partial charge < -0.3 is 21.4 Å². The molecule has 0 radical (unpaired) electrons. The molecule has 0 aliphatic heterocycles. The Morgan fingerprint density at radius 2 is 1.85 bits per heavy atom. The van der Waals surface area contributed by atoms with Gasteiger partial charge in [0.2, 0.25) is 5.91 Å². The number of benzene rings is 2. The van der Waals surface area contributed by atoms with Gasteiger partial charge in [0.15, 0.2) is 0 Å². The Hall–Kier alpha value is -2.99. The third-order valence-electron chi connectivity index (χ3n) is 4.37. The van der Waals surface area contributed by atoms with Gasteiger partial charge in [-0.3, -0.25) is 4.79 Å². The van der Waals surface area contributed by atoms with Gasteiger partial charge in [-0.25, -0.2) is 4.79 Å². The Kier molecular flexibility index (Phi) is 5.98. The Morgan fingerprint density at radius 1 is 1.11 bits per heavy atom. The Labute approximate surface area is 162 Å². The minimum atomic E-state index is -0.679. The van der Waals surface area contributed by atoms with E-state index in [1.807, 2.05) is 24.4 Å². The molecule has 0 aliphatic rings. The number of amides is 3. The van der Waals surface area contributed by atoms with E-state index in [4.69, 9.17) is 17.3 Å². The molecule has 1 aromatic heterocycles. The summed E-state index contributed by atoms with van der Waals surface area (Å²) >= 11 is 5.89. The van der Waals surface area contributed by atoms with E-state index in [9.17, 15) is 9.59 Å². The Morgan fingerprint density at radius 3 is 2.59 bits per heavy atom. The minimum Gasteiger partial charge on any atom is -0.361 e. The summed E-state index contributed by atoms with van der Waals surface area (Å²) < 4.78 is 0. The van der Waals surface area contributed by atoms with Crippen LogP contribution in [0.1, 0.15) is 23.6 Å². The van der Waals surface area contributed by atoms with E-state index in [1.165, 1.54) is 0 Å². The summed E-state index contributed by atoms with van der Waals surface area (Å²) in [5.41, 5.74) is 8.24. The quantitative estimate of drug-likeness (QED) is 0.502. The number of halogens is 1. The molecule has 3 rings (SSSR count). The lowest BCUT2D eigenvalue weighted by Gasteiger charge is -2.18. The second-order valence-electron chi connectivity index (χ2n) is 6.28. The molecule has 2 aromatic carbocycles. The van der Waals surface area contributed by atoms with Crippen molar-refractivity contribution in [3.8, 4) is 0 Å². The maximum Gasteiger partial charge on any atom is 0.312 e. The lowest BCUT2D eigenvalue weighted by Crippen LogP contribution is -2.37. The number of carbonyl (C=O) groups is 2. The van der Waals surface area contributed by atoms with E-state index in [0.717, 1.165) is 22.0 Å². The number of nitrogens with two attached hydrogens (primary N) is 1. The number of para-hydroxylation sites is 1. The van der Waals surface area contributed by atoms with Crippen molar-refractivity contribution in [2.45, 2.75) is 18.9 Å². The molecule has 6 nitrogen and oxygen atoms in total. The van der Waals surface area contributed by atoms with Crippen LogP contribution in [0.2, 0.25) is 5.02 Å². The summed E-state index contributed by atoms with van der Waals surface area (Å²) in [5, 5.41) is 7.24. The fourth-order valence-electron chi connectivity index (χ4n) is 3.05. The van der Waals surface area contributed by atoms with E-state index in [1.54, 1.807) is 24.3 Å². The number of urea groups is 1. The molecule has 5 N–H and O–H groups in total. The molecule has 0 saturated carbocycles. The number of aromatic nitrogens is 1. The van der Waals surface area contributed by atoms with Gasteiger partial charge in [-0.1, -0.05) is 41.9 Å². The van der Waals surface area contributed by atoms with Gasteiger partial charge in [0.25, 0.3) is 0 Å². The van der Waals surface area contributed by atoms with Crippen molar-refractivity contribution in [2.75, 3.05) is 6.54 Å². The van der Waals surface area contributed by atoms with Gasteiger partial charge in [0.1, 0.15) is 0 Å². The van der Waals surface area contributed by atoms with Crippen molar-refractivity contribution in [3.05, 3.63) is 70.9 Å². The molecular weight excluding hydrogens is 364 g/mol. The molecule has 7 heteroatoms. The topological polar surface area (TPSA) is 100 Å². The number of hydrogen-bond donors (Lipinski definition) is 4. The largest absolute Gasteiger partial charge is 0.361 e. The molecule has 0 fully saturated rings. The first-order chi connectivity index (χ1) is 13.0. The van der Waals surface area contributed by atoms with Crippen LogP contribution in [-0.4, -0.2) is 23.5 Å². The van der Waals surface area contributed by atoms with Crippen LogP contribution in [0.15, 0.2) is 54.7 Å². The minimum absolute atomic E-state index is 0.0957. The van der Waals surface area contributed by atoms with Crippen molar-refractivity contribution in [1.29, 1.82) is 0 Å². The second kappa shape index (κ2) is 8.60. The van der Waals surface area contributed by atoms with Crippen LogP contribution in [0, 0.1) is 0 Å². The molecule has 0 bridgehead atoms. The number of fused-ring (bicyclic) bond motifs is 1. The standard InChI is InChI=1S/C20H21ClN4O2/c21-15-7-5-13(6-8-15)18(25-20(22)27)11-19(26)23-10-9-14-12-24-17-4-2-1-3-16(14)17/h1-8,12,18,24H,9-11H2,(H,23,26)(H3,22,25,27)/t18-/m1/s1. The van der Waals surface area contributed by atoms with Crippen LogP contribution < -0.4 is 16.4 Å². The molecule has 3 aromatic rings. The molecule has 0 unspecified atom stereocenters. The average Bonchev–Trinajstić information content (AvgIpc) is 3.05. The zero-order chi connectivity index (χ0) is 19.2. The van der Waals surface area contributed by atoms with Crippen molar-refractivity contribution in [2.24, 2.45) is 5.73 Å². The Balaban J connectivity index is 1.57. The van der Waals surface area contributed by atoms with Crippen LogP contribution in [0.5, 0.6) is 0 Å². The van der Waals surface area contributed by atoms with Crippen molar-refractivity contribution in [1.82, 2.24) is 15.6 Å². The van der Waals surface area contributed by atoms with Crippen LogP contribution in [0.4, 0.5) is 4.79 Å². The summed E-state index contributed by atoms with van der Waals surface area (Å²) in [6.45, 7) is 0.505. The van der Waals surface area contributed by atoms with Crippen LogP contribution in [0.3, 0.4) is 0 Å². The molecule has 27 heavy (non-hydrogen) atoms. The van der Waals surface area contributed by atoms with E-state index in [-0.39, 0.29) is 12.3 Å². The van der Waals surface area contributed by atoms with Gasteiger partial charge in [-0.2, -0.15) is 0 Å². The highest BCUT2D eigenvalue weighted by atomic mass is 35.5. The maximum absolute atomic E-state index is 12.3. The fourth-order valence-corrected chi connectivity index (χ4v) is 3.18. The average molecular weight is 385 g/mol. The molecule has 1 atom stereocenters. The summed E-state index contributed by atoms with van der Waals surface area (Å²) in [5.74, 6) is -0.163. The van der Waals surface area contributed by atoms with Crippen molar-refractivity contribution in [3.63, 3.8) is 0 Å². The zero-order valence-corrected chi connectivity index (χ0v) is 15.4. The lowest BCUT2D eigenvalue weighted by molar-refractivity contribution is -0.121.